The van der Waals surface area contributed by atoms with Gasteiger partial charge in [0.25, 0.3) is 5.91 Å². The minimum atomic E-state index is -3.89. The maximum atomic E-state index is 12.2. The van der Waals surface area contributed by atoms with Gasteiger partial charge in [-0.25, -0.2) is 13.6 Å². The lowest BCUT2D eigenvalue weighted by molar-refractivity contribution is 0.102. The van der Waals surface area contributed by atoms with Gasteiger partial charge >= 0.3 is 0 Å². The van der Waals surface area contributed by atoms with Gasteiger partial charge in [0.05, 0.1) is 5.69 Å². The highest BCUT2D eigenvalue weighted by molar-refractivity contribution is 7.89. The van der Waals surface area contributed by atoms with Crippen LogP contribution in [0.1, 0.15) is 15.9 Å². The van der Waals surface area contributed by atoms with Crippen molar-refractivity contribution in [2.75, 3.05) is 5.32 Å². The van der Waals surface area contributed by atoms with Crippen LogP contribution in [0.4, 0.5) is 5.69 Å². The summed E-state index contributed by atoms with van der Waals surface area (Å²) in [7, 11) is -3.89. The number of benzene rings is 2. The second-order valence-electron chi connectivity index (χ2n) is 4.31. The molecule has 20 heavy (non-hydrogen) atoms. The highest BCUT2D eigenvalue weighted by atomic mass is 32.2. The fourth-order valence-corrected chi connectivity index (χ4v) is 2.53. The molecule has 0 aliphatic heterocycles. The number of hydrogen-bond donors (Lipinski definition) is 2. The Balaban J connectivity index is 2.37. The van der Waals surface area contributed by atoms with Crippen molar-refractivity contribution >= 4 is 21.6 Å². The molecule has 0 aromatic heterocycles. The van der Waals surface area contributed by atoms with Crippen LogP contribution in [0.2, 0.25) is 0 Å². The zero-order valence-electron chi connectivity index (χ0n) is 10.8. The second kappa shape index (κ2) is 5.44. The Kier molecular flexibility index (Phi) is 3.87. The van der Waals surface area contributed by atoms with Crippen molar-refractivity contribution in [3.8, 4) is 0 Å². The van der Waals surface area contributed by atoms with E-state index >= 15 is 0 Å². The molecule has 0 bridgehead atoms. The molecule has 5 nitrogen and oxygen atoms in total. The zero-order chi connectivity index (χ0) is 14.8. The summed E-state index contributed by atoms with van der Waals surface area (Å²) in [5, 5.41) is 7.70. The summed E-state index contributed by atoms with van der Waals surface area (Å²) in [6.07, 6.45) is 0. The molecule has 104 valence electrons. The zero-order valence-corrected chi connectivity index (χ0v) is 11.6. The summed E-state index contributed by atoms with van der Waals surface area (Å²) in [5.41, 5.74) is 1.46. The van der Waals surface area contributed by atoms with Crippen LogP contribution in [0.3, 0.4) is 0 Å². The fourth-order valence-electron chi connectivity index (χ4n) is 1.84. The van der Waals surface area contributed by atoms with Gasteiger partial charge in [-0.2, -0.15) is 0 Å². The molecule has 0 aliphatic rings. The molecule has 1 amide bonds. The van der Waals surface area contributed by atoms with Gasteiger partial charge in [-0.15, -0.1) is 0 Å². The van der Waals surface area contributed by atoms with E-state index in [1.165, 1.54) is 12.1 Å². The van der Waals surface area contributed by atoms with Crippen LogP contribution < -0.4 is 10.5 Å². The Bertz CT molecular complexity index is 755. The molecule has 2 aromatic carbocycles. The normalized spacial score (nSPS) is 11.1. The number of nitrogens with one attached hydrogen (secondary N) is 1. The summed E-state index contributed by atoms with van der Waals surface area (Å²) < 4.78 is 22.9. The molecule has 0 radical (unpaired) electrons. The van der Waals surface area contributed by atoms with Crippen LogP contribution >= 0.6 is 0 Å². The Morgan fingerprint density at radius 2 is 1.65 bits per heavy atom. The molecule has 0 atom stereocenters. The van der Waals surface area contributed by atoms with Gasteiger partial charge in [0.15, 0.2) is 0 Å². The lowest BCUT2D eigenvalue weighted by Gasteiger charge is -2.10. The number of carbonyl (C=O) groups is 1. The lowest BCUT2D eigenvalue weighted by atomic mass is 10.1. The predicted octanol–water partition coefficient (Wildman–Crippen LogP) is 1.89. The molecular formula is C14H14N2O3S. The Morgan fingerprint density at radius 3 is 2.30 bits per heavy atom. The highest BCUT2D eigenvalue weighted by Gasteiger charge is 2.16. The first-order valence-corrected chi connectivity index (χ1v) is 7.43. The van der Waals surface area contributed by atoms with E-state index in [-0.39, 0.29) is 16.5 Å². The van der Waals surface area contributed by atoms with Gasteiger partial charge in [0.2, 0.25) is 10.0 Å². The third-order valence-corrected chi connectivity index (χ3v) is 3.80. The van der Waals surface area contributed by atoms with Gasteiger partial charge in [-0.1, -0.05) is 30.3 Å². The van der Waals surface area contributed by atoms with E-state index in [0.717, 1.165) is 5.56 Å². The van der Waals surface area contributed by atoms with Crippen LogP contribution in [0.25, 0.3) is 0 Å². The molecule has 3 N–H and O–H groups in total. The molecule has 0 fully saturated rings. The first-order valence-electron chi connectivity index (χ1n) is 5.88. The quantitative estimate of drug-likeness (QED) is 0.904. The molecule has 0 saturated carbocycles. The fraction of sp³-hybridized carbons (Fsp3) is 0.0714. The lowest BCUT2D eigenvalue weighted by Crippen LogP contribution is -2.18. The number of para-hydroxylation sites is 1. The molecular weight excluding hydrogens is 276 g/mol. The SMILES string of the molecule is Cc1ccccc1C(=O)Nc1ccccc1S(N)(=O)=O. The number of sulfonamides is 1. The van der Waals surface area contributed by atoms with Crippen LogP contribution in [-0.4, -0.2) is 14.3 Å². The van der Waals surface area contributed by atoms with Gasteiger partial charge in [-0.3, -0.25) is 4.79 Å². The van der Waals surface area contributed by atoms with Gasteiger partial charge in [0, 0.05) is 5.56 Å². The number of hydrogen-bond acceptors (Lipinski definition) is 3. The Labute approximate surface area is 117 Å². The van der Waals surface area contributed by atoms with E-state index in [0.29, 0.717) is 5.56 Å². The number of anilines is 1. The van der Waals surface area contributed by atoms with Crippen LogP contribution in [0.15, 0.2) is 53.4 Å². The summed E-state index contributed by atoms with van der Waals surface area (Å²) in [4.78, 5) is 12.1. The Hall–Kier alpha value is -2.18. The minimum Gasteiger partial charge on any atom is -0.321 e. The van der Waals surface area contributed by atoms with Crippen molar-refractivity contribution in [3.05, 3.63) is 59.7 Å². The highest BCUT2D eigenvalue weighted by Crippen LogP contribution is 2.20. The molecule has 0 spiro atoms. The largest absolute Gasteiger partial charge is 0.321 e. The minimum absolute atomic E-state index is 0.109. The topological polar surface area (TPSA) is 89.3 Å². The monoisotopic (exact) mass is 290 g/mol. The van der Waals surface area contributed by atoms with Crippen molar-refractivity contribution in [3.63, 3.8) is 0 Å². The van der Waals surface area contributed by atoms with Crippen molar-refractivity contribution in [2.45, 2.75) is 11.8 Å². The van der Waals surface area contributed by atoms with E-state index in [2.05, 4.69) is 5.32 Å². The third kappa shape index (κ3) is 3.04. The standard InChI is InChI=1S/C14H14N2O3S/c1-10-6-2-3-7-11(10)14(17)16-12-8-4-5-9-13(12)20(15,18)19/h2-9H,1H3,(H,16,17)(H2,15,18,19). The van der Waals surface area contributed by atoms with E-state index in [9.17, 15) is 13.2 Å². The summed E-state index contributed by atoms with van der Waals surface area (Å²) in [5.74, 6) is -0.376. The number of amides is 1. The number of nitrogens with two attached hydrogens (primary N) is 1. The molecule has 2 rings (SSSR count). The molecule has 0 aliphatic carbocycles. The molecule has 6 heteroatoms. The Morgan fingerprint density at radius 1 is 1.05 bits per heavy atom. The van der Waals surface area contributed by atoms with Crippen LogP contribution in [0.5, 0.6) is 0 Å². The first kappa shape index (κ1) is 14.2. The summed E-state index contributed by atoms with van der Waals surface area (Å²) >= 11 is 0. The number of rotatable bonds is 3. The van der Waals surface area contributed by atoms with Crippen molar-refractivity contribution < 1.29 is 13.2 Å². The average Bonchev–Trinajstić information content (AvgIpc) is 2.38. The van der Waals surface area contributed by atoms with Gasteiger partial charge in [0.1, 0.15) is 4.90 Å². The van der Waals surface area contributed by atoms with Crippen molar-refractivity contribution in [2.24, 2.45) is 5.14 Å². The molecule has 0 heterocycles. The molecule has 0 saturated heterocycles. The first-order chi connectivity index (χ1) is 9.39. The van der Waals surface area contributed by atoms with Crippen LogP contribution in [0, 0.1) is 6.92 Å². The molecule has 2 aromatic rings. The predicted molar refractivity (Wildman–Crippen MR) is 76.9 cm³/mol. The second-order valence-corrected chi connectivity index (χ2v) is 5.84. The van der Waals surface area contributed by atoms with Gasteiger partial charge in [-0.05, 0) is 30.7 Å². The summed E-state index contributed by atoms with van der Waals surface area (Å²) in [6.45, 7) is 1.81. The number of carbonyl (C=O) groups excluding carboxylic acids is 1. The van der Waals surface area contributed by atoms with Crippen molar-refractivity contribution in [1.82, 2.24) is 0 Å². The van der Waals surface area contributed by atoms with E-state index in [1.54, 1.807) is 37.3 Å². The van der Waals surface area contributed by atoms with E-state index in [4.69, 9.17) is 5.14 Å². The van der Waals surface area contributed by atoms with Crippen LogP contribution in [-0.2, 0) is 10.0 Å². The van der Waals surface area contributed by atoms with E-state index in [1.807, 2.05) is 6.07 Å². The summed E-state index contributed by atoms with van der Waals surface area (Å²) in [6, 6.07) is 13.1. The maximum Gasteiger partial charge on any atom is 0.255 e. The van der Waals surface area contributed by atoms with Crippen molar-refractivity contribution in [1.29, 1.82) is 0 Å². The smallest absolute Gasteiger partial charge is 0.255 e. The van der Waals surface area contributed by atoms with E-state index < -0.39 is 10.0 Å². The van der Waals surface area contributed by atoms with Gasteiger partial charge < -0.3 is 5.32 Å². The number of aryl methyl sites for hydroxylation is 1. The third-order valence-electron chi connectivity index (χ3n) is 2.83. The number of primary sulfonamides is 1. The molecule has 0 unspecified atom stereocenters. The maximum absolute atomic E-state index is 12.2. The average molecular weight is 290 g/mol.